The third kappa shape index (κ3) is 8.69. The Bertz CT molecular complexity index is 561. The van der Waals surface area contributed by atoms with E-state index in [0.29, 0.717) is 6.04 Å². The summed E-state index contributed by atoms with van der Waals surface area (Å²) in [6.45, 7) is 4.80. The molecule has 2 N–H and O–H groups in total. The Morgan fingerprint density at radius 1 is 1.14 bits per heavy atom. The number of rotatable bonds is 12. The molecule has 0 saturated heterocycles. The second kappa shape index (κ2) is 15.6. The number of nitrogens with zero attached hydrogens (tertiary/aromatic N) is 4. The van der Waals surface area contributed by atoms with E-state index in [1.807, 2.05) is 11.8 Å². The molecule has 28 heavy (non-hydrogen) atoms. The topological polar surface area (TPSA) is 67.1 Å². The highest BCUT2D eigenvalue weighted by atomic mass is 127. The molecule has 0 unspecified atom stereocenters. The van der Waals surface area contributed by atoms with Crippen molar-refractivity contribution in [3.8, 4) is 0 Å². The van der Waals surface area contributed by atoms with Gasteiger partial charge in [-0.3, -0.25) is 4.99 Å². The van der Waals surface area contributed by atoms with Gasteiger partial charge in [0.05, 0.1) is 0 Å². The minimum absolute atomic E-state index is 0. The monoisotopic (exact) mass is 540 g/mol. The van der Waals surface area contributed by atoms with Gasteiger partial charge < -0.3 is 15.2 Å². The molecule has 1 saturated carbocycles. The molecule has 1 aliphatic carbocycles. The van der Waals surface area contributed by atoms with Crippen LogP contribution in [0.3, 0.4) is 0 Å². The van der Waals surface area contributed by atoms with Gasteiger partial charge in [0.25, 0.3) is 0 Å². The van der Waals surface area contributed by atoms with Gasteiger partial charge in [0.1, 0.15) is 5.82 Å². The quantitative estimate of drug-likeness (QED) is 0.135. The van der Waals surface area contributed by atoms with Crippen molar-refractivity contribution in [2.75, 3.05) is 37.9 Å². The molecule has 0 amide bonds. The van der Waals surface area contributed by atoms with Crippen LogP contribution in [0.25, 0.3) is 0 Å². The van der Waals surface area contributed by atoms with Gasteiger partial charge in [-0.15, -0.1) is 34.2 Å². The van der Waals surface area contributed by atoms with Crippen LogP contribution in [-0.4, -0.2) is 58.6 Å². The van der Waals surface area contributed by atoms with E-state index in [2.05, 4.69) is 44.8 Å². The molecule has 0 aromatic carbocycles. The second-order valence-corrected chi connectivity index (χ2v) is 8.66. The molecule has 1 aromatic heterocycles. The molecule has 0 atom stereocenters. The fraction of sp³-hybridized carbons (Fsp3) is 0.842. The normalized spacial score (nSPS) is 14.9. The molecular weight excluding hydrogens is 503 g/mol. The van der Waals surface area contributed by atoms with Crippen LogP contribution in [-0.2, 0) is 6.42 Å². The lowest BCUT2D eigenvalue weighted by molar-refractivity contribution is 0.461. The maximum atomic E-state index is 4.73. The molecule has 1 aliphatic rings. The minimum Gasteiger partial charge on any atom is -0.357 e. The number of aryl methyl sites for hydroxylation is 1. The van der Waals surface area contributed by atoms with Crippen LogP contribution < -0.4 is 10.6 Å². The number of hydrogen-bond acceptors (Lipinski definition) is 5. The predicted molar refractivity (Wildman–Crippen MR) is 135 cm³/mol. The zero-order valence-electron chi connectivity index (χ0n) is 17.6. The van der Waals surface area contributed by atoms with Gasteiger partial charge >= 0.3 is 0 Å². The number of hydrogen-bond donors (Lipinski definition) is 2. The lowest BCUT2D eigenvalue weighted by Crippen LogP contribution is -2.37. The first-order valence-electron chi connectivity index (χ1n) is 10.3. The Kier molecular flexibility index (Phi) is 14.5. The van der Waals surface area contributed by atoms with E-state index >= 15 is 0 Å². The summed E-state index contributed by atoms with van der Waals surface area (Å²) >= 11 is 3.62. The Morgan fingerprint density at radius 3 is 2.61 bits per heavy atom. The lowest BCUT2D eigenvalue weighted by Gasteiger charge is -2.16. The summed E-state index contributed by atoms with van der Waals surface area (Å²) in [5.74, 6) is 3.30. The fourth-order valence-electron chi connectivity index (χ4n) is 3.49. The molecule has 0 bridgehead atoms. The summed E-state index contributed by atoms with van der Waals surface area (Å²) in [6, 6.07) is 0.598. The first kappa shape index (κ1) is 25.9. The largest absolute Gasteiger partial charge is 0.357 e. The number of nitrogens with one attached hydrogen (secondary N) is 2. The van der Waals surface area contributed by atoms with E-state index in [-0.39, 0.29) is 24.0 Å². The highest BCUT2D eigenvalue weighted by Crippen LogP contribution is 2.33. The van der Waals surface area contributed by atoms with E-state index in [0.717, 1.165) is 49.4 Å². The maximum Gasteiger partial charge on any atom is 0.191 e. The van der Waals surface area contributed by atoms with Gasteiger partial charge in [0, 0.05) is 32.1 Å². The van der Waals surface area contributed by atoms with E-state index in [1.54, 1.807) is 11.8 Å². The summed E-state index contributed by atoms with van der Waals surface area (Å²) in [5, 5.41) is 16.7. The van der Waals surface area contributed by atoms with Crippen molar-refractivity contribution >= 4 is 53.5 Å². The molecule has 0 radical (unpaired) electrons. The van der Waals surface area contributed by atoms with Crippen molar-refractivity contribution in [3.05, 3.63) is 5.82 Å². The average Bonchev–Trinajstić information content (AvgIpc) is 3.33. The van der Waals surface area contributed by atoms with Gasteiger partial charge in [-0.25, -0.2) is 0 Å². The number of thioether (sulfide) groups is 2. The van der Waals surface area contributed by atoms with Crippen LogP contribution in [0.15, 0.2) is 10.1 Å². The highest BCUT2D eigenvalue weighted by molar-refractivity contribution is 14.0. The molecule has 6 nitrogen and oxygen atoms in total. The van der Waals surface area contributed by atoms with Crippen molar-refractivity contribution in [2.24, 2.45) is 4.99 Å². The predicted octanol–water partition coefficient (Wildman–Crippen LogP) is 4.36. The summed E-state index contributed by atoms with van der Waals surface area (Å²) in [5.41, 5.74) is 0. The lowest BCUT2D eigenvalue weighted by atomic mass is 10.2. The fourth-order valence-corrected chi connectivity index (χ4v) is 4.56. The minimum atomic E-state index is 0. The van der Waals surface area contributed by atoms with Crippen LogP contribution in [0, 0.1) is 0 Å². The van der Waals surface area contributed by atoms with Crippen LogP contribution in [0.2, 0.25) is 0 Å². The van der Waals surface area contributed by atoms with Gasteiger partial charge in [-0.1, -0.05) is 24.6 Å². The summed E-state index contributed by atoms with van der Waals surface area (Å²) in [6.07, 6.45) is 13.8. The molecule has 2 rings (SSSR count). The van der Waals surface area contributed by atoms with E-state index in [4.69, 9.17) is 4.99 Å². The SMILES string of the molecule is CCNC(=NCCCc1nnc(SC)n1C1CCCC1)NCCCCSC.I. The summed E-state index contributed by atoms with van der Waals surface area (Å²) in [4.78, 5) is 4.73. The second-order valence-electron chi connectivity index (χ2n) is 6.90. The summed E-state index contributed by atoms with van der Waals surface area (Å²) < 4.78 is 2.40. The number of guanidine groups is 1. The highest BCUT2D eigenvalue weighted by Gasteiger charge is 2.23. The van der Waals surface area contributed by atoms with Crippen LogP contribution in [0.5, 0.6) is 0 Å². The van der Waals surface area contributed by atoms with Crippen molar-refractivity contribution < 1.29 is 0 Å². The number of aromatic nitrogens is 3. The molecule has 1 heterocycles. The first-order chi connectivity index (χ1) is 13.3. The number of aliphatic imine (C=N–C) groups is 1. The third-order valence-electron chi connectivity index (χ3n) is 4.85. The van der Waals surface area contributed by atoms with Crippen molar-refractivity contribution in [1.82, 2.24) is 25.4 Å². The van der Waals surface area contributed by atoms with Gasteiger partial charge in [0.15, 0.2) is 11.1 Å². The van der Waals surface area contributed by atoms with E-state index in [1.165, 1.54) is 44.3 Å². The number of halogens is 1. The maximum absolute atomic E-state index is 4.73. The van der Waals surface area contributed by atoms with Gasteiger partial charge in [0.2, 0.25) is 0 Å². The Balaban J connectivity index is 0.00000392. The molecule has 1 fully saturated rings. The standard InChI is InChI=1S/C19H36N6S2.HI/c1-4-20-18(21-13-7-8-15-26-2)22-14-9-12-17-23-24-19(27-3)25(17)16-10-5-6-11-16;/h16H,4-15H2,1-3H3,(H2,20,21,22);1H. The van der Waals surface area contributed by atoms with Gasteiger partial charge in [-0.05, 0) is 57.3 Å². The molecule has 9 heteroatoms. The Morgan fingerprint density at radius 2 is 1.93 bits per heavy atom. The van der Waals surface area contributed by atoms with Crippen LogP contribution in [0.4, 0.5) is 0 Å². The molecule has 162 valence electrons. The van der Waals surface area contributed by atoms with Crippen LogP contribution in [0.1, 0.15) is 63.7 Å². The van der Waals surface area contributed by atoms with Crippen molar-refractivity contribution in [2.45, 2.75) is 69.5 Å². The zero-order chi connectivity index (χ0) is 19.3. The molecular formula is C19H37IN6S2. The molecule has 0 spiro atoms. The van der Waals surface area contributed by atoms with E-state index in [9.17, 15) is 0 Å². The van der Waals surface area contributed by atoms with Crippen molar-refractivity contribution in [1.29, 1.82) is 0 Å². The Hall–Kier alpha value is -0.160. The zero-order valence-corrected chi connectivity index (χ0v) is 21.5. The van der Waals surface area contributed by atoms with E-state index < -0.39 is 0 Å². The molecule has 0 aliphatic heterocycles. The molecule has 1 aromatic rings. The Labute approximate surface area is 196 Å². The van der Waals surface area contributed by atoms with Crippen LogP contribution >= 0.6 is 47.5 Å². The van der Waals surface area contributed by atoms with Crippen molar-refractivity contribution in [3.63, 3.8) is 0 Å². The third-order valence-corrected chi connectivity index (χ3v) is 6.19. The smallest absolute Gasteiger partial charge is 0.191 e. The van der Waals surface area contributed by atoms with Gasteiger partial charge in [-0.2, -0.15) is 11.8 Å². The average molecular weight is 541 g/mol. The summed E-state index contributed by atoms with van der Waals surface area (Å²) in [7, 11) is 0. The number of unbranched alkanes of at least 4 members (excludes halogenated alkanes) is 1. The first-order valence-corrected chi connectivity index (χ1v) is 12.9.